The molecular weight excluding hydrogens is 268 g/mol. The molecule has 1 saturated carbocycles. The van der Waals surface area contributed by atoms with E-state index in [1.165, 1.54) is 0 Å². The third-order valence-corrected chi connectivity index (χ3v) is 3.27. The second-order valence-corrected chi connectivity index (χ2v) is 4.74. The summed E-state index contributed by atoms with van der Waals surface area (Å²) in [6, 6.07) is 0.171. The van der Waals surface area contributed by atoms with Gasteiger partial charge in [-0.05, 0) is 19.3 Å². The number of hydrogen-bond acceptors (Lipinski definition) is 4. The van der Waals surface area contributed by atoms with Crippen molar-refractivity contribution in [2.75, 3.05) is 19.0 Å². The number of ether oxygens (including phenoxy) is 1. The van der Waals surface area contributed by atoms with Crippen LogP contribution < -0.4 is 11.1 Å². The highest BCUT2D eigenvalue weighted by Crippen LogP contribution is 2.25. The minimum Gasteiger partial charge on any atom is -0.383 e. The Balaban J connectivity index is 0.00000180. The van der Waals surface area contributed by atoms with Crippen molar-refractivity contribution >= 4 is 24.0 Å². The van der Waals surface area contributed by atoms with Gasteiger partial charge in [-0.2, -0.15) is 5.10 Å². The molecular formula is C12H21ClN4O2. The second-order valence-electron chi connectivity index (χ2n) is 4.74. The van der Waals surface area contributed by atoms with Gasteiger partial charge in [-0.3, -0.25) is 9.48 Å². The first kappa shape index (κ1) is 15.9. The number of methoxy groups -OCH3 is 1. The topological polar surface area (TPSA) is 82.2 Å². The number of nitrogens with two attached hydrogens (primary N) is 1. The Morgan fingerprint density at radius 3 is 3.05 bits per heavy atom. The number of halogens is 1. The predicted octanol–water partition coefficient (Wildman–Crippen LogP) is 1.02. The molecule has 0 spiro atoms. The third kappa shape index (κ3) is 4.49. The van der Waals surface area contributed by atoms with Crippen LogP contribution in [0.2, 0.25) is 0 Å². The fraction of sp³-hybridized carbons (Fsp3) is 0.667. The quantitative estimate of drug-likeness (QED) is 0.847. The minimum absolute atomic E-state index is 0. The van der Waals surface area contributed by atoms with Crippen molar-refractivity contribution in [1.29, 1.82) is 0 Å². The Bertz CT molecular complexity index is 410. The zero-order valence-electron chi connectivity index (χ0n) is 11.0. The zero-order valence-corrected chi connectivity index (χ0v) is 11.9. The maximum absolute atomic E-state index is 12.0. The minimum atomic E-state index is 0. The average molecular weight is 289 g/mol. The first-order valence-electron chi connectivity index (χ1n) is 6.27. The lowest BCUT2D eigenvalue weighted by Gasteiger charge is -2.08. The summed E-state index contributed by atoms with van der Waals surface area (Å²) in [6.07, 6.45) is 6.06. The molecule has 108 valence electrons. The van der Waals surface area contributed by atoms with Crippen molar-refractivity contribution in [3.63, 3.8) is 0 Å². The maximum Gasteiger partial charge on any atom is 0.227 e. The number of amides is 1. The molecule has 1 aromatic rings. The van der Waals surface area contributed by atoms with Gasteiger partial charge in [0.05, 0.1) is 25.0 Å². The molecule has 1 fully saturated rings. The second kappa shape index (κ2) is 7.47. The molecule has 0 radical (unpaired) electrons. The van der Waals surface area contributed by atoms with Crippen molar-refractivity contribution in [2.45, 2.75) is 31.8 Å². The van der Waals surface area contributed by atoms with Gasteiger partial charge < -0.3 is 15.8 Å². The standard InChI is InChI=1S/C12H20N4O2.ClH/c1-18-5-4-16-8-11(7-14-16)15-12(17)9-2-3-10(13)6-9;/h7-10H,2-6,13H2,1H3,(H,15,17);1H. The van der Waals surface area contributed by atoms with E-state index in [4.69, 9.17) is 10.5 Å². The fourth-order valence-electron chi connectivity index (χ4n) is 2.23. The lowest BCUT2D eigenvalue weighted by Crippen LogP contribution is -2.23. The van der Waals surface area contributed by atoms with Crippen LogP contribution in [0.4, 0.5) is 5.69 Å². The Kier molecular flexibility index (Phi) is 6.27. The third-order valence-electron chi connectivity index (χ3n) is 3.27. The Hall–Kier alpha value is -1.11. The molecule has 0 aliphatic heterocycles. The number of carbonyl (C=O) groups excluding carboxylic acids is 1. The summed E-state index contributed by atoms with van der Waals surface area (Å²) in [5.74, 6) is 0.0940. The number of rotatable bonds is 5. The number of carbonyl (C=O) groups is 1. The van der Waals surface area contributed by atoms with Crippen LogP contribution in [0.3, 0.4) is 0 Å². The highest BCUT2D eigenvalue weighted by atomic mass is 35.5. The molecule has 2 rings (SSSR count). The van der Waals surface area contributed by atoms with E-state index in [1.54, 1.807) is 18.0 Å². The maximum atomic E-state index is 12.0. The zero-order chi connectivity index (χ0) is 13.0. The Morgan fingerprint density at radius 2 is 2.42 bits per heavy atom. The van der Waals surface area contributed by atoms with Gasteiger partial charge in [0.15, 0.2) is 0 Å². The van der Waals surface area contributed by atoms with Crippen LogP contribution in [0.25, 0.3) is 0 Å². The van der Waals surface area contributed by atoms with Crippen LogP contribution in [0, 0.1) is 5.92 Å². The van der Waals surface area contributed by atoms with Crippen LogP contribution in [-0.2, 0) is 16.1 Å². The van der Waals surface area contributed by atoms with E-state index in [9.17, 15) is 4.79 Å². The van der Waals surface area contributed by atoms with Gasteiger partial charge in [0.25, 0.3) is 0 Å². The van der Waals surface area contributed by atoms with Crippen molar-refractivity contribution in [3.8, 4) is 0 Å². The molecule has 19 heavy (non-hydrogen) atoms. The summed E-state index contributed by atoms with van der Waals surface area (Å²) >= 11 is 0. The summed E-state index contributed by atoms with van der Waals surface area (Å²) < 4.78 is 6.72. The first-order chi connectivity index (χ1) is 8.69. The van der Waals surface area contributed by atoms with E-state index in [-0.39, 0.29) is 30.3 Å². The molecule has 2 unspecified atom stereocenters. The number of hydrogen-bond donors (Lipinski definition) is 2. The van der Waals surface area contributed by atoms with Gasteiger partial charge in [0.1, 0.15) is 0 Å². The van der Waals surface area contributed by atoms with Crippen molar-refractivity contribution < 1.29 is 9.53 Å². The first-order valence-corrected chi connectivity index (χ1v) is 6.27. The molecule has 2 atom stereocenters. The van der Waals surface area contributed by atoms with Gasteiger partial charge in [-0.1, -0.05) is 0 Å². The average Bonchev–Trinajstić information content (AvgIpc) is 2.96. The summed E-state index contributed by atoms with van der Waals surface area (Å²) in [5.41, 5.74) is 6.54. The van der Waals surface area contributed by atoms with Crippen molar-refractivity contribution in [1.82, 2.24) is 9.78 Å². The van der Waals surface area contributed by atoms with Crippen LogP contribution in [0.15, 0.2) is 12.4 Å². The summed E-state index contributed by atoms with van der Waals surface area (Å²) in [4.78, 5) is 12.0. The number of nitrogens with zero attached hydrogens (tertiary/aromatic N) is 2. The predicted molar refractivity (Wildman–Crippen MR) is 75.3 cm³/mol. The number of nitrogens with one attached hydrogen (secondary N) is 1. The summed E-state index contributed by atoms with van der Waals surface area (Å²) in [5, 5.41) is 7.03. The van der Waals surface area contributed by atoms with Crippen LogP contribution in [-0.4, -0.2) is 35.4 Å². The van der Waals surface area contributed by atoms with Gasteiger partial charge in [-0.15, -0.1) is 12.4 Å². The molecule has 1 aliphatic carbocycles. The molecule has 7 heteroatoms. The molecule has 1 amide bonds. The van der Waals surface area contributed by atoms with Crippen molar-refractivity contribution in [2.24, 2.45) is 11.7 Å². The monoisotopic (exact) mass is 288 g/mol. The molecule has 0 saturated heterocycles. The Morgan fingerprint density at radius 1 is 1.63 bits per heavy atom. The smallest absolute Gasteiger partial charge is 0.227 e. The highest BCUT2D eigenvalue weighted by molar-refractivity contribution is 5.92. The highest BCUT2D eigenvalue weighted by Gasteiger charge is 2.27. The van der Waals surface area contributed by atoms with E-state index in [0.717, 1.165) is 24.9 Å². The van der Waals surface area contributed by atoms with Crippen molar-refractivity contribution in [3.05, 3.63) is 12.4 Å². The molecule has 0 bridgehead atoms. The fourth-order valence-corrected chi connectivity index (χ4v) is 2.23. The van der Waals surface area contributed by atoms with Crippen LogP contribution >= 0.6 is 12.4 Å². The summed E-state index contributed by atoms with van der Waals surface area (Å²) in [7, 11) is 1.65. The van der Waals surface area contributed by atoms with Gasteiger partial charge in [0.2, 0.25) is 5.91 Å². The van der Waals surface area contributed by atoms with Gasteiger partial charge in [0, 0.05) is 25.3 Å². The Labute approximate surface area is 119 Å². The summed E-state index contributed by atoms with van der Waals surface area (Å²) in [6.45, 7) is 1.28. The van der Waals surface area contributed by atoms with E-state index >= 15 is 0 Å². The van der Waals surface area contributed by atoms with Gasteiger partial charge in [-0.25, -0.2) is 0 Å². The SMILES string of the molecule is COCCn1cc(NC(=O)C2CCC(N)C2)cn1.Cl. The van der Waals surface area contributed by atoms with E-state index in [0.29, 0.717) is 13.2 Å². The normalized spacial score (nSPS) is 22.0. The lowest BCUT2D eigenvalue weighted by atomic mass is 10.1. The molecule has 3 N–H and O–H groups in total. The lowest BCUT2D eigenvalue weighted by molar-refractivity contribution is -0.119. The number of anilines is 1. The van der Waals surface area contributed by atoms with E-state index in [2.05, 4.69) is 10.4 Å². The molecule has 6 nitrogen and oxygen atoms in total. The number of aromatic nitrogens is 2. The largest absolute Gasteiger partial charge is 0.383 e. The molecule has 1 aromatic heterocycles. The van der Waals surface area contributed by atoms with E-state index in [1.807, 2.05) is 6.20 Å². The molecule has 1 aliphatic rings. The molecule has 0 aromatic carbocycles. The van der Waals surface area contributed by atoms with Crippen LogP contribution in [0.5, 0.6) is 0 Å². The van der Waals surface area contributed by atoms with E-state index < -0.39 is 0 Å². The van der Waals surface area contributed by atoms with Gasteiger partial charge >= 0.3 is 0 Å². The van der Waals surface area contributed by atoms with Crippen LogP contribution in [0.1, 0.15) is 19.3 Å². The molecule has 1 heterocycles.